The number of fused-ring (bicyclic) bond motifs is 1. The fraction of sp³-hybridized carbons (Fsp3) is 0.467. The minimum absolute atomic E-state index is 0.277. The Labute approximate surface area is 135 Å². The zero-order chi connectivity index (χ0) is 18.5. The number of nitrogens with zero attached hydrogens (tertiary/aromatic N) is 1. The Balaban J connectivity index is 2.01. The molecule has 0 spiro atoms. The van der Waals surface area contributed by atoms with Crippen molar-refractivity contribution in [3.05, 3.63) is 28.8 Å². The lowest BCUT2D eigenvalue weighted by molar-refractivity contribution is -0.125. The zero-order valence-electron chi connectivity index (χ0n) is 14.4. The second kappa shape index (κ2) is 5.50. The highest BCUT2D eigenvalue weighted by Gasteiger charge is 2.48. The van der Waals surface area contributed by atoms with Crippen molar-refractivity contribution in [3.63, 3.8) is 0 Å². The SMILES string of the molecule is [2H]C([2H])([2H])N(C(=O)[C@H]1NC(=O)[C@@H]2CCC[C@H]12)c1cc(Cl)c(F)cc1F. The van der Waals surface area contributed by atoms with Crippen molar-refractivity contribution >= 4 is 29.1 Å². The minimum atomic E-state index is -3.03. The molecule has 22 heavy (non-hydrogen) atoms. The van der Waals surface area contributed by atoms with E-state index >= 15 is 0 Å². The Morgan fingerprint density at radius 3 is 2.91 bits per heavy atom. The van der Waals surface area contributed by atoms with Gasteiger partial charge in [-0.05, 0) is 24.8 Å². The Hall–Kier alpha value is -1.69. The van der Waals surface area contributed by atoms with Gasteiger partial charge < -0.3 is 10.2 Å². The molecule has 1 aliphatic heterocycles. The van der Waals surface area contributed by atoms with E-state index in [1.165, 1.54) is 0 Å². The van der Waals surface area contributed by atoms with Crippen molar-refractivity contribution in [3.8, 4) is 0 Å². The number of likely N-dealkylation sites (N-methyl/N-ethyl adjacent to an activating group) is 1. The molecule has 0 radical (unpaired) electrons. The predicted molar refractivity (Wildman–Crippen MR) is 77.5 cm³/mol. The fourth-order valence-corrected chi connectivity index (χ4v) is 3.42. The number of carbonyl (C=O) groups excluding carboxylic acids is 2. The average Bonchev–Trinajstić information content (AvgIpc) is 3.07. The Bertz CT molecular complexity index is 744. The van der Waals surface area contributed by atoms with Gasteiger partial charge in [-0.15, -0.1) is 0 Å². The van der Waals surface area contributed by atoms with Crippen molar-refractivity contribution in [1.82, 2.24) is 5.32 Å². The molecule has 3 rings (SSSR count). The third-order valence-electron chi connectivity index (χ3n) is 4.35. The van der Waals surface area contributed by atoms with Crippen LogP contribution in [-0.2, 0) is 9.59 Å². The highest BCUT2D eigenvalue weighted by atomic mass is 35.5. The number of halogens is 3. The molecule has 1 heterocycles. The van der Waals surface area contributed by atoms with E-state index in [0.29, 0.717) is 18.9 Å². The molecule has 1 aliphatic carbocycles. The van der Waals surface area contributed by atoms with Gasteiger partial charge in [0.05, 0.1) is 10.7 Å². The van der Waals surface area contributed by atoms with E-state index in [-0.39, 0.29) is 22.6 Å². The summed E-state index contributed by atoms with van der Waals surface area (Å²) >= 11 is 5.62. The lowest BCUT2D eigenvalue weighted by atomic mass is 9.93. The fourth-order valence-electron chi connectivity index (χ4n) is 3.27. The summed E-state index contributed by atoms with van der Waals surface area (Å²) in [6.07, 6.45) is 1.99. The molecule has 1 saturated heterocycles. The molecule has 118 valence electrons. The molecule has 2 aliphatic rings. The third kappa shape index (κ3) is 2.35. The first-order valence-electron chi connectivity index (χ1n) is 8.40. The highest BCUT2D eigenvalue weighted by Crippen LogP contribution is 2.39. The topological polar surface area (TPSA) is 49.4 Å². The van der Waals surface area contributed by atoms with Gasteiger partial charge in [0.2, 0.25) is 11.8 Å². The van der Waals surface area contributed by atoms with Gasteiger partial charge in [-0.1, -0.05) is 18.0 Å². The quantitative estimate of drug-likeness (QED) is 0.846. The van der Waals surface area contributed by atoms with Crippen LogP contribution >= 0.6 is 11.6 Å². The van der Waals surface area contributed by atoms with E-state index < -0.39 is 41.3 Å². The number of hydrogen-bond acceptors (Lipinski definition) is 2. The number of benzene rings is 1. The Kier molecular flexibility index (Phi) is 2.96. The summed E-state index contributed by atoms with van der Waals surface area (Å²) < 4.78 is 50.4. The second-order valence-corrected chi connectivity index (χ2v) is 5.99. The normalized spacial score (nSPS) is 29.3. The molecular weight excluding hydrogens is 314 g/mol. The van der Waals surface area contributed by atoms with Crippen LogP contribution in [0.3, 0.4) is 0 Å². The molecule has 0 unspecified atom stereocenters. The van der Waals surface area contributed by atoms with E-state index in [1.807, 2.05) is 0 Å². The smallest absolute Gasteiger partial charge is 0.249 e. The number of amides is 2. The van der Waals surface area contributed by atoms with E-state index in [0.717, 1.165) is 12.5 Å². The summed E-state index contributed by atoms with van der Waals surface area (Å²) in [5, 5.41) is 2.01. The molecule has 1 saturated carbocycles. The maximum atomic E-state index is 14.2. The van der Waals surface area contributed by atoms with E-state index in [9.17, 15) is 18.4 Å². The van der Waals surface area contributed by atoms with Crippen LogP contribution in [0.1, 0.15) is 23.4 Å². The van der Waals surface area contributed by atoms with Gasteiger partial charge in [0, 0.05) is 23.1 Å². The monoisotopic (exact) mass is 331 g/mol. The predicted octanol–water partition coefficient (Wildman–Crippen LogP) is 2.50. The van der Waals surface area contributed by atoms with Gasteiger partial charge in [0.1, 0.15) is 17.7 Å². The van der Waals surface area contributed by atoms with Crippen LogP contribution in [-0.4, -0.2) is 24.8 Å². The molecule has 7 heteroatoms. The lowest BCUT2D eigenvalue weighted by Crippen LogP contribution is -2.45. The molecule has 0 bridgehead atoms. The summed E-state index contributed by atoms with van der Waals surface area (Å²) in [6.45, 7) is -3.03. The Morgan fingerprint density at radius 1 is 1.41 bits per heavy atom. The molecule has 3 atom stereocenters. The van der Waals surface area contributed by atoms with Crippen LogP contribution in [0.4, 0.5) is 14.5 Å². The van der Waals surface area contributed by atoms with Crippen LogP contribution in [0, 0.1) is 23.5 Å². The van der Waals surface area contributed by atoms with Gasteiger partial charge in [0.15, 0.2) is 0 Å². The molecule has 1 N–H and O–H groups in total. The number of nitrogens with one attached hydrogen (secondary N) is 1. The summed E-state index contributed by atoms with van der Waals surface area (Å²) in [5.74, 6) is -4.21. The second-order valence-electron chi connectivity index (χ2n) is 5.58. The van der Waals surface area contributed by atoms with E-state index in [2.05, 4.69) is 5.32 Å². The van der Waals surface area contributed by atoms with Gasteiger partial charge in [-0.25, -0.2) is 8.78 Å². The molecular formula is C15H15ClF2N2O2. The number of hydrogen-bond donors (Lipinski definition) is 1. The summed E-state index contributed by atoms with van der Waals surface area (Å²) in [5.41, 5.74) is -0.646. The number of carbonyl (C=O) groups is 2. The van der Waals surface area contributed by atoms with Crippen molar-refractivity contribution < 1.29 is 22.5 Å². The summed E-state index contributed by atoms with van der Waals surface area (Å²) in [4.78, 5) is 25.1. The molecule has 1 aromatic carbocycles. The minimum Gasteiger partial charge on any atom is -0.344 e. The summed E-state index contributed by atoms with van der Waals surface area (Å²) in [6, 6.07) is 0.137. The van der Waals surface area contributed by atoms with Gasteiger partial charge in [-0.2, -0.15) is 0 Å². The Morgan fingerprint density at radius 2 is 2.18 bits per heavy atom. The number of anilines is 1. The van der Waals surface area contributed by atoms with Crippen LogP contribution in [0.2, 0.25) is 5.02 Å². The first-order chi connectivity index (χ1) is 11.6. The lowest BCUT2D eigenvalue weighted by Gasteiger charge is -2.24. The maximum absolute atomic E-state index is 14.2. The van der Waals surface area contributed by atoms with Crippen molar-refractivity contribution in [2.24, 2.45) is 11.8 Å². The van der Waals surface area contributed by atoms with E-state index in [4.69, 9.17) is 15.7 Å². The maximum Gasteiger partial charge on any atom is 0.249 e. The molecule has 2 fully saturated rings. The highest BCUT2D eigenvalue weighted by molar-refractivity contribution is 6.31. The molecule has 4 nitrogen and oxygen atoms in total. The molecule has 1 aromatic rings. The van der Waals surface area contributed by atoms with Crippen molar-refractivity contribution in [1.29, 1.82) is 0 Å². The van der Waals surface area contributed by atoms with Crippen molar-refractivity contribution in [2.45, 2.75) is 25.3 Å². The van der Waals surface area contributed by atoms with Crippen LogP contribution < -0.4 is 10.2 Å². The van der Waals surface area contributed by atoms with Crippen LogP contribution in [0.25, 0.3) is 0 Å². The standard InChI is InChI=1S/C15H15ClF2N2O2/c1-20(12-5-9(16)10(17)6-11(12)18)15(22)13-7-3-2-4-8(7)14(21)19-13/h5-8,13H,2-4H2,1H3,(H,19,21)/t7-,8+,13-/m0/s1/i1D3. The van der Waals surface area contributed by atoms with Gasteiger partial charge >= 0.3 is 0 Å². The summed E-state index contributed by atoms with van der Waals surface area (Å²) in [7, 11) is 0. The average molecular weight is 332 g/mol. The van der Waals surface area contributed by atoms with Gasteiger partial charge in [-0.3, -0.25) is 9.59 Å². The van der Waals surface area contributed by atoms with Crippen LogP contribution in [0.15, 0.2) is 12.1 Å². The van der Waals surface area contributed by atoms with E-state index in [1.54, 1.807) is 0 Å². The zero-order valence-corrected chi connectivity index (χ0v) is 12.2. The first-order valence-corrected chi connectivity index (χ1v) is 7.28. The number of rotatable bonds is 2. The third-order valence-corrected chi connectivity index (χ3v) is 4.64. The van der Waals surface area contributed by atoms with Crippen LogP contribution in [0.5, 0.6) is 0 Å². The molecule has 0 aromatic heterocycles. The first kappa shape index (κ1) is 11.8. The largest absolute Gasteiger partial charge is 0.344 e. The van der Waals surface area contributed by atoms with Gasteiger partial charge in [0.25, 0.3) is 0 Å². The van der Waals surface area contributed by atoms with Crippen molar-refractivity contribution in [2.75, 3.05) is 11.9 Å². The molecule has 2 amide bonds.